The first kappa shape index (κ1) is 16.6. The molecule has 0 bridgehead atoms. The zero-order valence-corrected chi connectivity index (χ0v) is 14.3. The van der Waals surface area contributed by atoms with Gasteiger partial charge in [0.1, 0.15) is 0 Å². The second kappa shape index (κ2) is 7.57. The van der Waals surface area contributed by atoms with E-state index >= 15 is 0 Å². The SMILES string of the molecule is O=C(Cc1ccc2c(c1)OCO2)NCc1ccnc(N2CCOCC2)n1. The second-order valence-corrected chi connectivity index (χ2v) is 6.09. The van der Waals surface area contributed by atoms with Gasteiger partial charge >= 0.3 is 0 Å². The van der Waals surface area contributed by atoms with Gasteiger partial charge in [-0.15, -0.1) is 0 Å². The van der Waals surface area contributed by atoms with Crippen molar-refractivity contribution in [1.29, 1.82) is 0 Å². The van der Waals surface area contributed by atoms with Gasteiger partial charge in [0.05, 0.1) is 31.9 Å². The highest BCUT2D eigenvalue weighted by molar-refractivity contribution is 5.78. The Bertz CT molecular complexity index is 793. The number of ether oxygens (including phenoxy) is 3. The summed E-state index contributed by atoms with van der Waals surface area (Å²) < 4.78 is 16.0. The van der Waals surface area contributed by atoms with Crippen LogP contribution in [0.2, 0.25) is 0 Å². The molecule has 0 atom stereocenters. The first-order valence-electron chi connectivity index (χ1n) is 8.58. The fourth-order valence-corrected chi connectivity index (χ4v) is 2.89. The van der Waals surface area contributed by atoms with Crippen molar-refractivity contribution < 1.29 is 19.0 Å². The fraction of sp³-hybridized carbons (Fsp3) is 0.389. The Morgan fingerprint density at radius 2 is 2.00 bits per heavy atom. The van der Waals surface area contributed by atoms with Crippen molar-refractivity contribution in [2.45, 2.75) is 13.0 Å². The highest BCUT2D eigenvalue weighted by Crippen LogP contribution is 2.32. The van der Waals surface area contributed by atoms with Gasteiger partial charge < -0.3 is 24.4 Å². The van der Waals surface area contributed by atoms with Crippen LogP contribution < -0.4 is 19.7 Å². The van der Waals surface area contributed by atoms with Gasteiger partial charge in [0.25, 0.3) is 0 Å². The number of rotatable bonds is 5. The fourth-order valence-electron chi connectivity index (χ4n) is 2.89. The van der Waals surface area contributed by atoms with Gasteiger partial charge in [0.2, 0.25) is 18.6 Å². The molecule has 26 heavy (non-hydrogen) atoms. The van der Waals surface area contributed by atoms with Gasteiger partial charge in [-0.25, -0.2) is 9.97 Å². The van der Waals surface area contributed by atoms with Crippen LogP contribution in [0.25, 0.3) is 0 Å². The highest BCUT2D eigenvalue weighted by Gasteiger charge is 2.16. The molecule has 1 aromatic heterocycles. The maximum atomic E-state index is 12.2. The summed E-state index contributed by atoms with van der Waals surface area (Å²) in [6.07, 6.45) is 2.00. The molecule has 8 heteroatoms. The van der Waals surface area contributed by atoms with E-state index in [1.54, 1.807) is 6.20 Å². The lowest BCUT2D eigenvalue weighted by Gasteiger charge is -2.26. The number of anilines is 1. The molecule has 1 saturated heterocycles. The number of benzene rings is 1. The van der Waals surface area contributed by atoms with E-state index in [1.807, 2.05) is 24.3 Å². The zero-order valence-electron chi connectivity index (χ0n) is 14.3. The number of carbonyl (C=O) groups excluding carboxylic acids is 1. The molecule has 0 unspecified atom stereocenters. The molecule has 4 rings (SSSR count). The van der Waals surface area contributed by atoms with Gasteiger partial charge in [-0.2, -0.15) is 0 Å². The largest absolute Gasteiger partial charge is 0.454 e. The zero-order chi connectivity index (χ0) is 17.8. The van der Waals surface area contributed by atoms with Crippen molar-refractivity contribution in [3.8, 4) is 11.5 Å². The van der Waals surface area contributed by atoms with E-state index in [9.17, 15) is 4.79 Å². The molecule has 1 amide bonds. The summed E-state index contributed by atoms with van der Waals surface area (Å²) >= 11 is 0. The van der Waals surface area contributed by atoms with Gasteiger partial charge in [0.15, 0.2) is 11.5 Å². The van der Waals surface area contributed by atoms with Crippen LogP contribution >= 0.6 is 0 Å². The smallest absolute Gasteiger partial charge is 0.231 e. The number of carbonyl (C=O) groups is 1. The molecule has 1 aromatic carbocycles. The third-order valence-corrected chi connectivity index (χ3v) is 4.26. The summed E-state index contributed by atoms with van der Waals surface area (Å²) in [4.78, 5) is 23.1. The van der Waals surface area contributed by atoms with E-state index in [0.717, 1.165) is 24.3 Å². The minimum Gasteiger partial charge on any atom is -0.454 e. The van der Waals surface area contributed by atoms with E-state index in [2.05, 4.69) is 20.2 Å². The number of hydrogen-bond acceptors (Lipinski definition) is 7. The van der Waals surface area contributed by atoms with Crippen molar-refractivity contribution in [2.75, 3.05) is 38.0 Å². The molecular formula is C18H20N4O4. The molecule has 1 N–H and O–H groups in total. The predicted octanol–water partition coefficient (Wildman–Crippen LogP) is 0.901. The Balaban J connectivity index is 1.32. The first-order chi connectivity index (χ1) is 12.8. The number of nitrogens with zero attached hydrogens (tertiary/aromatic N) is 3. The molecule has 1 fully saturated rings. The molecule has 3 heterocycles. The van der Waals surface area contributed by atoms with E-state index in [1.165, 1.54) is 0 Å². The number of aromatic nitrogens is 2. The highest BCUT2D eigenvalue weighted by atomic mass is 16.7. The van der Waals surface area contributed by atoms with E-state index in [0.29, 0.717) is 37.2 Å². The van der Waals surface area contributed by atoms with Crippen LogP contribution in [0.3, 0.4) is 0 Å². The Hall–Kier alpha value is -2.87. The summed E-state index contributed by atoms with van der Waals surface area (Å²) in [5.41, 5.74) is 1.66. The molecular weight excluding hydrogens is 336 g/mol. The van der Waals surface area contributed by atoms with Crippen LogP contribution in [-0.4, -0.2) is 49.0 Å². The molecule has 2 aromatic rings. The molecule has 0 radical (unpaired) electrons. The molecule has 0 spiro atoms. The molecule has 8 nitrogen and oxygen atoms in total. The van der Waals surface area contributed by atoms with Gasteiger partial charge in [-0.1, -0.05) is 6.07 Å². The minimum absolute atomic E-state index is 0.0737. The molecule has 136 valence electrons. The van der Waals surface area contributed by atoms with Gasteiger partial charge in [-0.05, 0) is 23.8 Å². The van der Waals surface area contributed by atoms with Gasteiger partial charge in [0, 0.05) is 19.3 Å². The Morgan fingerprint density at radius 1 is 1.15 bits per heavy atom. The average molecular weight is 356 g/mol. The van der Waals surface area contributed by atoms with Crippen LogP contribution in [0.1, 0.15) is 11.3 Å². The lowest BCUT2D eigenvalue weighted by Crippen LogP contribution is -2.37. The Morgan fingerprint density at radius 3 is 2.88 bits per heavy atom. The van der Waals surface area contributed by atoms with Crippen LogP contribution in [0.4, 0.5) is 5.95 Å². The topological polar surface area (TPSA) is 85.8 Å². The van der Waals surface area contributed by atoms with Gasteiger partial charge in [-0.3, -0.25) is 4.79 Å². The van der Waals surface area contributed by atoms with E-state index < -0.39 is 0 Å². The quantitative estimate of drug-likeness (QED) is 0.852. The normalized spacial score (nSPS) is 15.8. The number of fused-ring (bicyclic) bond motifs is 1. The van der Waals surface area contributed by atoms with Crippen LogP contribution in [0.5, 0.6) is 11.5 Å². The predicted molar refractivity (Wildman–Crippen MR) is 93.2 cm³/mol. The van der Waals surface area contributed by atoms with Crippen LogP contribution in [-0.2, 0) is 22.5 Å². The monoisotopic (exact) mass is 356 g/mol. The summed E-state index contributed by atoms with van der Waals surface area (Å²) in [7, 11) is 0. The van der Waals surface area contributed by atoms with Crippen molar-refractivity contribution >= 4 is 11.9 Å². The third-order valence-electron chi connectivity index (χ3n) is 4.26. The van der Waals surface area contributed by atoms with Crippen LogP contribution in [0, 0.1) is 0 Å². The Kier molecular flexibility index (Phi) is 4.83. The average Bonchev–Trinajstić information content (AvgIpc) is 3.15. The van der Waals surface area contributed by atoms with Crippen molar-refractivity contribution in [3.63, 3.8) is 0 Å². The lowest BCUT2D eigenvalue weighted by atomic mass is 10.1. The number of amides is 1. The summed E-state index contributed by atoms with van der Waals surface area (Å²) in [6.45, 7) is 3.51. The van der Waals surface area contributed by atoms with Crippen molar-refractivity contribution in [3.05, 3.63) is 41.7 Å². The van der Waals surface area contributed by atoms with E-state index in [-0.39, 0.29) is 19.1 Å². The Labute approximate surface area is 151 Å². The third kappa shape index (κ3) is 3.85. The standard InChI is InChI=1S/C18H20N4O4/c23-17(10-13-1-2-15-16(9-13)26-12-25-15)20-11-14-3-4-19-18(21-14)22-5-7-24-8-6-22/h1-4,9H,5-8,10-12H2,(H,20,23). The maximum absolute atomic E-state index is 12.2. The summed E-state index contributed by atoms with van der Waals surface area (Å²) in [5.74, 6) is 2.00. The summed E-state index contributed by atoms with van der Waals surface area (Å²) in [6, 6.07) is 7.34. The molecule has 2 aliphatic heterocycles. The van der Waals surface area contributed by atoms with Crippen molar-refractivity contribution in [1.82, 2.24) is 15.3 Å². The maximum Gasteiger partial charge on any atom is 0.231 e. The molecule has 0 aliphatic carbocycles. The van der Waals surface area contributed by atoms with E-state index in [4.69, 9.17) is 14.2 Å². The molecule has 2 aliphatic rings. The lowest BCUT2D eigenvalue weighted by molar-refractivity contribution is -0.120. The number of morpholine rings is 1. The summed E-state index contributed by atoms with van der Waals surface area (Å²) in [5, 5.41) is 2.90. The van der Waals surface area contributed by atoms with Crippen molar-refractivity contribution in [2.24, 2.45) is 0 Å². The second-order valence-electron chi connectivity index (χ2n) is 6.09. The number of nitrogens with one attached hydrogen (secondary N) is 1. The van der Waals surface area contributed by atoms with Crippen LogP contribution in [0.15, 0.2) is 30.5 Å². The minimum atomic E-state index is -0.0737. The first-order valence-corrected chi connectivity index (χ1v) is 8.58. The number of hydrogen-bond donors (Lipinski definition) is 1. The molecule has 0 saturated carbocycles.